The fourth-order valence-electron chi connectivity index (χ4n) is 1.78. The zero-order valence-corrected chi connectivity index (χ0v) is 9.13. The minimum Gasteiger partial charge on any atom is -0.335 e. The largest absolute Gasteiger partial charge is 0.335 e. The Labute approximate surface area is 96.1 Å². The van der Waals surface area contributed by atoms with Crippen LogP contribution < -0.4 is 0 Å². The van der Waals surface area contributed by atoms with Gasteiger partial charge in [0.15, 0.2) is 5.78 Å². The summed E-state index contributed by atoms with van der Waals surface area (Å²) in [5, 5.41) is 1.01. The van der Waals surface area contributed by atoms with Crippen LogP contribution in [-0.4, -0.2) is 10.4 Å². The van der Waals surface area contributed by atoms with Gasteiger partial charge in [-0.05, 0) is 30.3 Å². The van der Waals surface area contributed by atoms with Crippen molar-refractivity contribution < 1.29 is 9.18 Å². The van der Waals surface area contributed by atoms with Crippen LogP contribution in [-0.2, 0) is 6.54 Å². The summed E-state index contributed by atoms with van der Waals surface area (Å²) in [6.07, 6.45) is 1.86. The number of rotatable bonds is 0. The standard InChI is InChI=1S/C12H8FNOS/c13-8-3-4-11-9(6-8)10(15)7-14-5-1-2-12(14)16-11/h1-6H,7H2. The van der Waals surface area contributed by atoms with E-state index in [9.17, 15) is 9.18 Å². The maximum Gasteiger partial charge on any atom is 0.183 e. The van der Waals surface area contributed by atoms with Gasteiger partial charge < -0.3 is 4.57 Å². The van der Waals surface area contributed by atoms with Gasteiger partial charge in [0, 0.05) is 16.7 Å². The van der Waals surface area contributed by atoms with Crippen molar-refractivity contribution in [1.29, 1.82) is 0 Å². The average molecular weight is 233 g/mol. The van der Waals surface area contributed by atoms with E-state index in [4.69, 9.17) is 0 Å². The molecule has 0 fully saturated rings. The van der Waals surface area contributed by atoms with E-state index in [2.05, 4.69) is 0 Å². The van der Waals surface area contributed by atoms with E-state index in [1.54, 1.807) is 6.07 Å². The van der Waals surface area contributed by atoms with E-state index < -0.39 is 0 Å². The minimum atomic E-state index is -0.362. The number of hydrogen-bond donors (Lipinski definition) is 0. The van der Waals surface area contributed by atoms with E-state index >= 15 is 0 Å². The van der Waals surface area contributed by atoms with Crippen molar-refractivity contribution in [3.05, 3.63) is 47.9 Å². The number of halogens is 1. The molecule has 0 amide bonds. The lowest BCUT2D eigenvalue weighted by atomic mass is 10.1. The lowest BCUT2D eigenvalue weighted by Gasteiger charge is -2.02. The molecule has 1 aromatic carbocycles. The smallest absolute Gasteiger partial charge is 0.183 e. The second kappa shape index (κ2) is 3.49. The van der Waals surface area contributed by atoms with Crippen LogP contribution in [0.2, 0.25) is 0 Å². The molecule has 80 valence electrons. The first kappa shape index (κ1) is 9.66. The molecular formula is C12H8FNOS. The van der Waals surface area contributed by atoms with Crippen LogP contribution in [0.1, 0.15) is 10.4 Å². The normalized spacial score (nSPS) is 14.2. The number of carbonyl (C=O) groups excluding carboxylic acids is 1. The van der Waals surface area contributed by atoms with Crippen LogP contribution in [0.15, 0.2) is 46.5 Å². The van der Waals surface area contributed by atoms with Gasteiger partial charge in [0.1, 0.15) is 5.82 Å². The van der Waals surface area contributed by atoms with Crippen molar-refractivity contribution in [1.82, 2.24) is 4.57 Å². The molecule has 0 aliphatic carbocycles. The van der Waals surface area contributed by atoms with Gasteiger partial charge in [-0.15, -0.1) is 0 Å². The Balaban J connectivity index is 2.18. The van der Waals surface area contributed by atoms with Gasteiger partial charge in [0.2, 0.25) is 0 Å². The molecule has 1 aromatic heterocycles. The van der Waals surface area contributed by atoms with E-state index in [0.29, 0.717) is 5.56 Å². The number of aromatic nitrogens is 1. The van der Waals surface area contributed by atoms with E-state index in [0.717, 1.165) is 9.92 Å². The summed E-state index contributed by atoms with van der Waals surface area (Å²) < 4.78 is 15.0. The molecule has 0 saturated heterocycles. The van der Waals surface area contributed by atoms with Gasteiger partial charge >= 0.3 is 0 Å². The quantitative estimate of drug-likeness (QED) is 0.698. The summed E-state index contributed by atoms with van der Waals surface area (Å²) in [5.41, 5.74) is 0.480. The lowest BCUT2D eigenvalue weighted by Crippen LogP contribution is -2.08. The van der Waals surface area contributed by atoms with Crippen molar-refractivity contribution in [2.75, 3.05) is 0 Å². The molecule has 4 heteroatoms. The van der Waals surface area contributed by atoms with Crippen molar-refractivity contribution in [3.63, 3.8) is 0 Å². The predicted octanol–water partition coefficient (Wildman–Crippen LogP) is 2.97. The second-order valence-corrected chi connectivity index (χ2v) is 4.70. The monoisotopic (exact) mass is 233 g/mol. The molecule has 1 aliphatic rings. The zero-order chi connectivity index (χ0) is 11.1. The molecule has 2 heterocycles. The number of carbonyl (C=O) groups is 1. The number of fused-ring (bicyclic) bond motifs is 2. The Hall–Kier alpha value is -1.55. The van der Waals surface area contributed by atoms with Gasteiger partial charge in [-0.1, -0.05) is 11.8 Å². The van der Waals surface area contributed by atoms with Crippen LogP contribution in [0.3, 0.4) is 0 Å². The Kier molecular flexibility index (Phi) is 2.11. The molecular weight excluding hydrogens is 225 g/mol. The molecule has 0 N–H and O–H groups in total. The summed E-state index contributed by atoms with van der Waals surface area (Å²) >= 11 is 1.50. The average Bonchev–Trinajstić information content (AvgIpc) is 2.63. The summed E-state index contributed by atoms with van der Waals surface area (Å²) in [6, 6.07) is 8.23. The highest BCUT2D eigenvalue weighted by Crippen LogP contribution is 2.34. The molecule has 2 nitrogen and oxygen atoms in total. The van der Waals surface area contributed by atoms with Crippen LogP contribution in [0, 0.1) is 5.82 Å². The van der Waals surface area contributed by atoms with Gasteiger partial charge in [-0.3, -0.25) is 4.79 Å². The van der Waals surface area contributed by atoms with Gasteiger partial charge in [-0.25, -0.2) is 4.39 Å². The summed E-state index contributed by atoms with van der Waals surface area (Å²) in [4.78, 5) is 12.7. The van der Waals surface area contributed by atoms with Crippen LogP contribution in [0.25, 0.3) is 0 Å². The van der Waals surface area contributed by atoms with Crippen molar-refractivity contribution >= 4 is 17.5 Å². The third-order valence-corrected chi connectivity index (χ3v) is 3.71. The predicted molar refractivity (Wildman–Crippen MR) is 59.3 cm³/mol. The van der Waals surface area contributed by atoms with Crippen molar-refractivity contribution in [3.8, 4) is 0 Å². The zero-order valence-electron chi connectivity index (χ0n) is 8.31. The van der Waals surface area contributed by atoms with Gasteiger partial charge in [0.25, 0.3) is 0 Å². The van der Waals surface area contributed by atoms with Crippen LogP contribution in [0.5, 0.6) is 0 Å². The molecule has 0 spiro atoms. The maximum absolute atomic E-state index is 13.1. The summed E-state index contributed by atoms with van der Waals surface area (Å²) in [7, 11) is 0. The number of ketones is 1. The topological polar surface area (TPSA) is 22.0 Å². The highest BCUT2D eigenvalue weighted by Gasteiger charge is 2.19. The number of nitrogens with zero attached hydrogens (tertiary/aromatic N) is 1. The molecule has 0 atom stereocenters. The lowest BCUT2D eigenvalue weighted by molar-refractivity contribution is 0.0967. The Bertz CT molecular complexity index is 576. The Morgan fingerprint density at radius 3 is 3.06 bits per heavy atom. The van der Waals surface area contributed by atoms with Gasteiger partial charge in [0.05, 0.1) is 11.6 Å². The van der Waals surface area contributed by atoms with Crippen molar-refractivity contribution in [2.24, 2.45) is 0 Å². The minimum absolute atomic E-state index is 0.0445. The summed E-state index contributed by atoms with van der Waals surface area (Å²) in [5.74, 6) is -0.406. The van der Waals surface area contributed by atoms with E-state index in [-0.39, 0.29) is 18.1 Å². The van der Waals surface area contributed by atoms with Crippen LogP contribution >= 0.6 is 11.8 Å². The molecule has 0 saturated carbocycles. The molecule has 0 bridgehead atoms. The molecule has 16 heavy (non-hydrogen) atoms. The maximum atomic E-state index is 13.1. The third kappa shape index (κ3) is 1.46. The van der Waals surface area contributed by atoms with Crippen LogP contribution in [0.4, 0.5) is 4.39 Å². The number of hydrogen-bond acceptors (Lipinski definition) is 2. The number of benzene rings is 1. The SMILES string of the molecule is O=C1Cn2cccc2Sc2ccc(F)cc21. The van der Waals surface area contributed by atoms with E-state index in [1.807, 2.05) is 22.9 Å². The fraction of sp³-hybridized carbons (Fsp3) is 0.0833. The fourth-order valence-corrected chi connectivity index (χ4v) is 2.82. The third-order valence-electron chi connectivity index (χ3n) is 2.56. The molecule has 3 rings (SSSR count). The van der Waals surface area contributed by atoms with Crippen molar-refractivity contribution in [2.45, 2.75) is 16.5 Å². The molecule has 0 unspecified atom stereocenters. The molecule has 2 aromatic rings. The summed E-state index contributed by atoms with van der Waals surface area (Å²) in [6.45, 7) is 0.284. The first-order valence-corrected chi connectivity index (χ1v) is 5.71. The Morgan fingerprint density at radius 2 is 2.19 bits per heavy atom. The second-order valence-electron chi connectivity index (χ2n) is 3.64. The first-order valence-electron chi connectivity index (χ1n) is 4.90. The highest BCUT2D eigenvalue weighted by atomic mass is 32.2. The molecule has 0 radical (unpaired) electrons. The Morgan fingerprint density at radius 1 is 1.31 bits per heavy atom. The van der Waals surface area contributed by atoms with E-state index in [1.165, 1.54) is 23.9 Å². The number of Topliss-reactive ketones (excluding diaryl/α,β-unsaturated/α-hetero) is 1. The first-order chi connectivity index (χ1) is 7.74. The van der Waals surface area contributed by atoms with Gasteiger partial charge in [-0.2, -0.15) is 0 Å². The highest BCUT2D eigenvalue weighted by molar-refractivity contribution is 7.99. The molecule has 1 aliphatic heterocycles.